The molecule has 4 nitrogen and oxygen atoms in total. The standard InChI is InChI=1S/C17H34N2O2/c1-14(2)13-19(15-9-5-6-10-15)12-8-7-11-17(3,18-4)16(20)21/h14-15,18H,5-13H2,1-4H3,(H,20,21). The molecule has 21 heavy (non-hydrogen) atoms. The van der Waals surface area contributed by atoms with Gasteiger partial charge in [0.1, 0.15) is 5.54 Å². The second kappa shape index (κ2) is 8.74. The third-order valence-electron chi connectivity index (χ3n) is 4.84. The number of hydrogen-bond donors (Lipinski definition) is 2. The Kier molecular flexibility index (Phi) is 7.67. The molecular weight excluding hydrogens is 264 g/mol. The Morgan fingerprint density at radius 3 is 2.43 bits per heavy atom. The van der Waals surface area contributed by atoms with Gasteiger partial charge in [0.2, 0.25) is 0 Å². The smallest absolute Gasteiger partial charge is 0.323 e. The van der Waals surface area contributed by atoms with Crippen LogP contribution in [0.25, 0.3) is 0 Å². The van der Waals surface area contributed by atoms with Gasteiger partial charge in [-0.2, -0.15) is 0 Å². The Balaban J connectivity index is 2.37. The highest BCUT2D eigenvalue weighted by atomic mass is 16.4. The van der Waals surface area contributed by atoms with Crippen molar-refractivity contribution in [1.82, 2.24) is 10.2 Å². The third kappa shape index (κ3) is 5.95. The number of carbonyl (C=O) groups is 1. The molecular formula is C17H34N2O2. The Morgan fingerprint density at radius 1 is 1.33 bits per heavy atom. The van der Waals surface area contributed by atoms with Crippen molar-refractivity contribution in [3.8, 4) is 0 Å². The summed E-state index contributed by atoms with van der Waals surface area (Å²) in [6.45, 7) is 8.63. The lowest BCUT2D eigenvalue weighted by Crippen LogP contribution is -2.47. The van der Waals surface area contributed by atoms with Crippen molar-refractivity contribution in [2.75, 3.05) is 20.1 Å². The number of rotatable bonds is 10. The Hall–Kier alpha value is -0.610. The molecule has 124 valence electrons. The average molecular weight is 298 g/mol. The lowest BCUT2D eigenvalue weighted by Gasteiger charge is -2.31. The van der Waals surface area contributed by atoms with Crippen molar-refractivity contribution < 1.29 is 9.90 Å². The van der Waals surface area contributed by atoms with Crippen LogP contribution in [0.5, 0.6) is 0 Å². The summed E-state index contributed by atoms with van der Waals surface area (Å²) in [7, 11) is 1.73. The molecule has 0 heterocycles. The van der Waals surface area contributed by atoms with Crippen LogP contribution < -0.4 is 5.32 Å². The summed E-state index contributed by atoms with van der Waals surface area (Å²) in [6, 6.07) is 0.766. The van der Waals surface area contributed by atoms with E-state index in [2.05, 4.69) is 24.1 Å². The largest absolute Gasteiger partial charge is 0.480 e. The topological polar surface area (TPSA) is 52.6 Å². The van der Waals surface area contributed by atoms with E-state index >= 15 is 0 Å². The highest BCUT2D eigenvalue weighted by Crippen LogP contribution is 2.25. The number of nitrogens with zero attached hydrogens (tertiary/aromatic N) is 1. The normalized spacial score (nSPS) is 19.3. The number of nitrogens with one attached hydrogen (secondary N) is 1. The quantitative estimate of drug-likeness (QED) is 0.608. The molecule has 1 fully saturated rings. The number of hydrogen-bond acceptors (Lipinski definition) is 3. The van der Waals surface area contributed by atoms with E-state index in [4.69, 9.17) is 0 Å². The number of likely N-dealkylation sites (N-methyl/N-ethyl adjacent to an activating group) is 1. The molecule has 0 aromatic rings. The molecule has 4 heteroatoms. The summed E-state index contributed by atoms with van der Waals surface area (Å²) in [4.78, 5) is 13.9. The van der Waals surface area contributed by atoms with Crippen molar-refractivity contribution in [1.29, 1.82) is 0 Å². The summed E-state index contributed by atoms with van der Waals surface area (Å²) >= 11 is 0. The summed E-state index contributed by atoms with van der Waals surface area (Å²) < 4.78 is 0. The van der Waals surface area contributed by atoms with E-state index in [0.717, 1.165) is 25.4 Å². The molecule has 1 aliphatic rings. The predicted molar refractivity (Wildman–Crippen MR) is 87.6 cm³/mol. The Bertz CT molecular complexity index is 314. The molecule has 1 unspecified atom stereocenters. The molecule has 1 saturated carbocycles. The second-order valence-electron chi connectivity index (χ2n) is 7.17. The molecule has 0 aromatic heterocycles. The van der Waals surface area contributed by atoms with Gasteiger partial charge in [-0.15, -0.1) is 0 Å². The third-order valence-corrected chi connectivity index (χ3v) is 4.84. The van der Waals surface area contributed by atoms with Crippen LogP contribution in [-0.4, -0.2) is 47.7 Å². The van der Waals surface area contributed by atoms with Gasteiger partial charge >= 0.3 is 5.97 Å². The van der Waals surface area contributed by atoms with Gasteiger partial charge in [-0.1, -0.05) is 26.7 Å². The molecule has 0 amide bonds. The van der Waals surface area contributed by atoms with Gasteiger partial charge in [-0.25, -0.2) is 0 Å². The number of carboxylic acids is 1. The molecule has 0 aliphatic heterocycles. The highest BCUT2D eigenvalue weighted by Gasteiger charge is 2.30. The van der Waals surface area contributed by atoms with E-state index < -0.39 is 11.5 Å². The van der Waals surface area contributed by atoms with Crippen LogP contribution in [0.1, 0.15) is 65.7 Å². The van der Waals surface area contributed by atoms with Crippen LogP contribution in [0.15, 0.2) is 0 Å². The van der Waals surface area contributed by atoms with Crippen LogP contribution in [0.3, 0.4) is 0 Å². The maximum Gasteiger partial charge on any atom is 0.323 e. The summed E-state index contributed by atoms with van der Waals surface area (Å²) in [5.74, 6) is -0.0491. The van der Waals surface area contributed by atoms with E-state index in [1.807, 2.05) is 0 Å². The molecule has 0 saturated heterocycles. The Morgan fingerprint density at radius 2 is 1.95 bits per heavy atom. The predicted octanol–water partition coefficient (Wildman–Crippen LogP) is 3.12. The maximum atomic E-state index is 11.3. The van der Waals surface area contributed by atoms with Gasteiger partial charge in [0, 0.05) is 12.6 Å². The van der Waals surface area contributed by atoms with Gasteiger partial charge in [0.05, 0.1) is 0 Å². The zero-order chi connectivity index (χ0) is 15.9. The molecule has 0 bridgehead atoms. The van der Waals surface area contributed by atoms with Crippen molar-refractivity contribution in [3.05, 3.63) is 0 Å². The van der Waals surface area contributed by atoms with Gasteiger partial charge in [-0.3, -0.25) is 4.79 Å². The first kappa shape index (κ1) is 18.4. The van der Waals surface area contributed by atoms with Crippen LogP contribution in [0.4, 0.5) is 0 Å². The van der Waals surface area contributed by atoms with Crippen LogP contribution in [-0.2, 0) is 4.79 Å². The van der Waals surface area contributed by atoms with E-state index in [1.54, 1.807) is 14.0 Å². The van der Waals surface area contributed by atoms with Gasteiger partial charge in [-0.05, 0) is 58.5 Å². The monoisotopic (exact) mass is 298 g/mol. The fraction of sp³-hybridized carbons (Fsp3) is 0.941. The van der Waals surface area contributed by atoms with E-state index in [0.29, 0.717) is 12.3 Å². The SMILES string of the molecule is CNC(C)(CCCCN(CC(C)C)C1CCCC1)C(=O)O. The zero-order valence-electron chi connectivity index (χ0n) is 14.3. The van der Waals surface area contributed by atoms with E-state index in [9.17, 15) is 9.90 Å². The fourth-order valence-electron chi connectivity index (χ4n) is 3.29. The molecule has 1 aliphatic carbocycles. The minimum absolute atomic E-state index is 0.693. The summed E-state index contributed by atoms with van der Waals surface area (Å²) in [5.41, 5.74) is -0.782. The molecule has 1 atom stereocenters. The molecule has 1 rings (SSSR count). The summed E-state index contributed by atoms with van der Waals surface area (Å²) in [6.07, 6.45) is 8.18. The zero-order valence-corrected chi connectivity index (χ0v) is 14.3. The van der Waals surface area contributed by atoms with Crippen LogP contribution in [0.2, 0.25) is 0 Å². The lowest BCUT2D eigenvalue weighted by molar-refractivity contribution is -0.144. The molecule has 0 spiro atoms. The van der Waals surface area contributed by atoms with Gasteiger partial charge in [0.15, 0.2) is 0 Å². The van der Waals surface area contributed by atoms with Gasteiger partial charge < -0.3 is 15.3 Å². The second-order valence-corrected chi connectivity index (χ2v) is 7.17. The molecule has 0 aromatic carbocycles. The molecule has 0 radical (unpaired) electrons. The van der Waals surface area contributed by atoms with Crippen molar-refractivity contribution >= 4 is 5.97 Å². The number of unbranched alkanes of at least 4 members (excludes halogenated alkanes) is 1. The van der Waals surface area contributed by atoms with Crippen molar-refractivity contribution in [2.24, 2.45) is 5.92 Å². The van der Waals surface area contributed by atoms with E-state index in [1.165, 1.54) is 32.2 Å². The van der Waals surface area contributed by atoms with E-state index in [-0.39, 0.29) is 0 Å². The number of aliphatic carboxylic acids is 1. The van der Waals surface area contributed by atoms with Crippen LogP contribution in [0, 0.1) is 5.92 Å². The first-order valence-electron chi connectivity index (χ1n) is 8.55. The molecule has 2 N–H and O–H groups in total. The van der Waals surface area contributed by atoms with Crippen molar-refractivity contribution in [3.63, 3.8) is 0 Å². The van der Waals surface area contributed by atoms with Crippen molar-refractivity contribution in [2.45, 2.75) is 77.3 Å². The minimum atomic E-state index is -0.782. The maximum absolute atomic E-state index is 11.3. The average Bonchev–Trinajstić information content (AvgIpc) is 2.95. The first-order chi connectivity index (χ1) is 9.89. The fourth-order valence-corrected chi connectivity index (χ4v) is 3.29. The van der Waals surface area contributed by atoms with Crippen LogP contribution >= 0.6 is 0 Å². The number of carboxylic acid groups (broad SMARTS) is 1. The highest BCUT2D eigenvalue weighted by molar-refractivity contribution is 5.78. The van der Waals surface area contributed by atoms with Gasteiger partial charge in [0.25, 0.3) is 0 Å². The lowest BCUT2D eigenvalue weighted by atomic mass is 9.95. The summed E-state index contributed by atoms with van der Waals surface area (Å²) in [5, 5.41) is 12.2. The minimum Gasteiger partial charge on any atom is -0.480 e. The Labute approximate surface area is 130 Å². The first-order valence-corrected chi connectivity index (χ1v) is 8.55.